The molecular formula is C13H17BrN2O3S. The van der Waals surface area contributed by atoms with Gasteiger partial charge in [-0.3, -0.25) is 9.69 Å². The highest BCUT2D eigenvalue weighted by molar-refractivity contribution is 9.11. The monoisotopic (exact) mass is 360 g/mol. The number of halogens is 1. The summed E-state index contributed by atoms with van der Waals surface area (Å²) in [6, 6.07) is 3.72. The molecule has 2 heterocycles. The van der Waals surface area contributed by atoms with Crippen LogP contribution < -0.4 is 0 Å². The van der Waals surface area contributed by atoms with Crippen LogP contribution in [-0.2, 0) is 4.74 Å². The van der Waals surface area contributed by atoms with Crippen LogP contribution in [0.5, 0.6) is 0 Å². The van der Waals surface area contributed by atoms with Gasteiger partial charge in [0.1, 0.15) is 0 Å². The lowest BCUT2D eigenvalue weighted by Gasteiger charge is -2.33. The molecule has 2 rings (SSSR count). The number of Topliss-reactive ketones (excluding diaryl/α,β-unsaturated/α-hetero) is 1. The fourth-order valence-corrected chi connectivity index (χ4v) is 3.36. The van der Waals surface area contributed by atoms with Gasteiger partial charge in [-0.2, -0.15) is 0 Å². The first-order valence-corrected chi connectivity index (χ1v) is 8.13. The van der Waals surface area contributed by atoms with E-state index >= 15 is 0 Å². The Labute approximate surface area is 130 Å². The van der Waals surface area contributed by atoms with Crippen LogP contribution in [0.2, 0.25) is 0 Å². The van der Waals surface area contributed by atoms with Gasteiger partial charge in [-0.15, -0.1) is 11.3 Å². The number of piperazine rings is 1. The number of amides is 1. The molecule has 1 saturated heterocycles. The van der Waals surface area contributed by atoms with E-state index in [0.29, 0.717) is 39.3 Å². The number of hydrogen-bond donors (Lipinski definition) is 0. The Kier molecular flexibility index (Phi) is 5.56. The molecule has 20 heavy (non-hydrogen) atoms. The van der Waals surface area contributed by atoms with Crippen LogP contribution in [0.25, 0.3) is 0 Å². The number of ketones is 1. The van der Waals surface area contributed by atoms with Crippen LogP contribution >= 0.6 is 27.3 Å². The van der Waals surface area contributed by atoms with E-state index in [2.05, 4.69) is 20.8 Å². The quantitative estimate of drug-likeness (QED) is 0.774. The first-order valence-electron chi connectivity index (χ1n) is 6.52. The van der Waals surface area contributed by atoms with Gasteiger partial charge in [-0.25, -0.2) is 4.79 Å². The minimum Gasteiger partial charge on any atom is -0.450 e. The van der Waals surface area contributed by atoms with Crippen molar-refractivity contribution in [3.05, 3.63) is 20.8 Å². The summed E-state index contributed by atoms with van der Waals surface area (Å²) in [4.78, 5) is 28.2. The SMILES string of the molecule is CCOC(=O)N1CCN(CC(=O)c2ccc(Br)s2)CC1. The highest BCUT2D eigenvalue weighted by Crippen LogP contribution is 2.22. The lowest BCUT2D eigenvalue weighted by molar-refractivity contribution is 0.0735. The van der Waals surface area contributed by atoms with Crippen molar-refractivity contribution in [2.75, 3.05) is 39.3 Å². The summed E-state index contributed by atoms with van der Waals surface area (Å²) in [7, 11) is 0. The van der Waals surface area contributed by atoms with E-state index in [-0.39, 0.29) is 11.9 Å². The van der Waals surface area contributed by atoms with Gasteiger partial charge >= 0.3 is 6.09 Å². The second-order valence-electron chi connectivity index (χ2n) is 4.49. The van der Waals surface area contributed by atoms with Crippen molar-refractivity contribution >= 4 is 39.1 Å². The first kappa shape index (κ1) is 15.5. The molecule has 1 fully saturated rings. The molecular weight excluding hydrogens is 344 g/mol. The van der Waals surface area contributed by atoms with Gasteiger partial charge in [0, 0.05) is 26.2 Å². The molecule has 5 nitrogen and oxygen atoms in total. The second kappa shape index (κ2) is 7.19. The Hall–Kier alpha value is -0.920. The molecule has 1 aromatic heterocycles. The molecule has 1 aliphatic heterocycles. The molecule has 0 radical (unpaired) electrons. The van der Waals surface area contributed by atoms with Crippen LogP contribution in [0.15, 0.2) is 15.9 Å². The summed E-state index contributed by atoms with van der Waals surface area (Å²) >= 11 is 4.81. The molecule has 0 N–H and O–H groups in total. The molecule has 0 unspecified atom stereocenters. The van der Waals surface area contributed by atoms with Crippen LogP contribution in [0.4, 0.5) is 4.79 Å². The Balaban J connectivity index is 1.80. The van der Waals surface area contributed by atoms with E-state index in [4.69, 9.17) is 4.74 Å². The van der Waals surface area contributed by atoms with E-state index in [1.165, 1.54) is 11.3 Å². The number of carbonyl (C=O) groups excluding carboxylic acids is 2. The Morgan fingerprint density at radius 2 is 2.00 bits per heavy atom. The molecule has 1 aliphatic rings. The van der Waals surface area contributed by atoms with E-state index in [0.717, 1.165) is 8.66 Å². The molecule has 0 spiro atoms. The third-order valence-electron chi connectivity index (χ3n) is 3.11. The number of ether oxygens (including phenoxy) is 1. The predicted octanol–water partition coefficient (Wildman–Crippen LogP) is 2.47. The fourth-order valence-electron chi connectivity index (χ4n) is 2.05. The summed E-state index contributed by atoms with van der Waals surface area (Å²) in [5.74, 6) is 0.130. The normalized spacial score (nSPS) is 16.2. The van der Waals surface area contributed by atoms with Crippen LogP contribution in [0.1, 0.15) is 16.6 Å². The number of carbonyl (C=O) groups is 2. The third kappa shape index (κ3) is 4.04. The number of rotatable bonds is 4. The maximum Gasteiger partial charge on any atom is 0.409 e. The van der Waals surface area contributed by atoms with Crippen molar-refractivity contribution < 1.29 is 14.3 Å². The molecule has 0 atom stereocenters. The number of nitrogens with zero attached hydrogens (tertiary/aromatic N) is 2. The summed E-state index contributed by atoms with van der Waals surface area (Å²) in [6.07, 6.45) is -0.263. The average molecular weight is 361 g/mol. The summed E-state index contributed by atoms with van der Waals surface area (Å²) in [5, 5.41) is 0. The van der Waals surface area contributed by atoms with Gasteiger partial charge in [0.15, 0.2) is 5.78 Å². The van der Waals surface area contributed by atoms with Crippen molar-refractivity contribution in [2.24, 2.45) is 0 Å². The molecule has 7 heteroatoms. The second-order valence-corrected chi connectivity index (χ2v) is 6.95. The maximum atomic E-state index is 12.1. The Morgan fingerprint density at radius 1 is 1.30 bits per heavy atom. The predicted molar refractivity (Wildman–Crippen MR) is 81.4 cm³/mol. The molecule has 1 aromatic rings. The van der Waals surface area contributed by atoms with E-state index in [1.54, 1.807) is 11.8 Å². The minimum absolute atomic E-state index is 0.130. The largest absolute Gasteiger partial charge is 0.450 e. The topological polar surface area (TPSA) is 49.9 Å². The van der Waals surface area contributed by atoms with Gasteiger partial charge in [-0.1, -0.05) is 0 Å². The minimum atomic E-state index is -0.263. The smallest absolute Gasteiger partial charge is 0.409 e. The molecule has 0 saturated carbocycles. The van der Waals surface area contributed by atoms with Crippen molar-refractivity contribution in [1.82, 2.24) is 9.80 Å². The van der Waals surface area contributed by atoms with Crippen molar-refractivity contribution in [2.45, 2.75) is 6.92 Å². The van der Waals surface area contributed by atoms with Crippen molar-refractivity contribution in [3.8, 4) is 0 Å². The Bertz CT molecular complexity index is 484. The molecule has 110 valence electrons. The van der Waals surface area contributed by atoms with E-state index < -0.39 is 0 Å². The highest BCUT2D eigenvalue weighted by Gasteiger charge is 2.23. The zero-order chi connectivity index (χ0) is 14.5. The molecule has 0 aromatic carbocycles. The first-order chi connectivity index (χ1) is 9.60. The van der Waals surface area contributed by atoms with Crippen molar-refractivity contribution in [3.63, 3.8) is 0 Å². The summed E-state index contributed by atoms with van der Waals surface area (Å²) in [5.41, 5.74) is 0. The lowest BCUT2D eigenvalue weighted by atomic mass is 10.2. The van der Waals surface area contributed by atoms with Crippen LogP contribution in [-0.4, -0.2) is 61.0 Å². The zero-order valence-corrected chi connectivity index (χ0v) is 13.7. The summed E-state index contributed by atoms with van der Waals surface area (Å²) < 4.78 is 5.93. The van der Waals surface area contributed by atoms with Gasteiger partial charge in [0.05, 0.1) is 21.8 Å². The fraction of sp³-hybridized carbons (Fsp3) is 0.538. The van der Waals surface area contributed by atoms with Crippen LogP contribution in [0.3, 0.4) is 0 Å². The zero-order valence-electron chi connectivity index (χ0n) is 11.3. The molecule has 0 aliphatic carbocycles. The van der Waals surface area contributed by atoms with Crippen molar-refractivity contribution in [1.29, 1.82) is 0 Å². The highest BCUT2D eigenvalue weighted by atomic mass is 79.9. The maximum absolute atomic E-state index is 12.1. The third-order valence-corrected chi connectivity index (χ3v) is 4.78. The average Bonchev–Trinajstić information content (AvgIpc) is 2.86. The number of hydrogen-bond acceptors (Lipinski definition) is 5. The van der Waals surface area contributed by atoms with E-state index in [9.17, 15) is 9.59 Å². The van der Waals surface area contributed by atoms with Gasteiger partial charge in [0.25, 0.3) is 0 Å². The lowest BCUT2D eigenvalue weighted by Crippen LogP contribution is -2.50. The molecule has 1 amide bonds. The van der Waals surface area contributed by atoms with Gasteiger partial charge in [-0.05, 0) is 35.0 Å². The van der Waals surface area contributed by atoms with Gasteiger partial charge < -0.3 is 9.64 Å². The number of thiophene rings is 1. The Morgan fingerprint density at radius 3 is 2.55 bits per heavy atom. The standard InChI is InChI=1S/C13H17BrN2O3S/c1-2-19-13(18)16-7-5-15(6-8-16)9-10(17)11-3-4-12(14)20-11/h3-4H,2,5-9H2,1H3. The van der Waals surface area contributed by atoms with Crippen LogP contribution in [0, 0.1) is 0 Å². The summed E-state index contributed by atoms with van der Waals surface area (Å²) in [6.45, 7) is 5.23. The molecule has 0 bridgehead atoms. The van der Waals surface area contributed by atoms with E-state index in [1.807, 2.05) is 12.1 Å². The van der Waals surface area contributed by atoms with Gasteiger partial charge in [0.2, 0.25) is 0 Å².